The molecule has 3 aromatic rings. The molecule has 0 saturated carbocycles. The second-order valence-electron chi connectivity index (χ2n) is 5.09. The Morgan fingerprint density at radius 3 is 2.80 bits per heavy atom. The first-order valence-corrected chi connectivity index (χ1v) is 7.69. The molecule has 2 aromatic carbocycles. The largest absolute Gasteiger partial charge is 0.361 e. The maximum Gasteiger partial charge on any atom is 0.183 e. The molecule has 1 N–H and O–H groups in total. The predicted octanol–water partition coefficient (Wildman–Crippen LogP) is 4.57. The van der Waals surface area contributed by atoms with Gasteiger partial charge in [-0.15, -0.1) is 0 Å². The van der Waals surface area contributed by atoms with Crippen molar-refractivity contribution in [3.8, 4) is 0 Å². The highest BCUT2D eigenvalue weighted by Crippen LogP contribution is 2.26. The third kappa shape index (κ3) is 2.83. The molecule has 102 valence electrons. The Morgan fingerprint density at radius 1 is 1.10 bits per heavy atom. The Labute approximate surface area is 123 Å². The number of nitrogens with zero attached hydrogens (tertiary/aromatic N) is 1. The van der Waals surface area contributed by atoms with Crippen LogP contribution in [0.15, 0.2) is 42.5 Å². The molecule has 1 aromatic heterocycles. The summed E-state index contributed by atoms with van der Waals surface area (Å²) in [4.78, 5) is 4.61. The van der Waals surface area contributed by atoms with Crippen LogP contribution in [-0.2, 0) is 6.42 Å². The van der Waals surface area contributed by atoms with E-state index in [1.807, 2.05) is 0 Å². The van der Waals surface area contributed by atoms with Crippen molar-refractivity contribution < 1.29 is 0 Å². The van der Waals surface area contributed by atoms with Gasteiger partial charge < -0.3 is 5.32 Å². The zero-order valence-electron chi connectivity index (χ0n) is 11.8. The van der Waals surface area contributed by atoms with E-state index in [1.54, 1.807) is 11.3 Å². The van der Waals surface area contributed by atoms with Gasteiger partial charge in [-0.05, 0) is 49.1 Å². The van der Waals surface area contributed by atoms with Crippen molar-refractivity contribution in [1.82, 2.24) is 4.98 Å². The van der Waals surface area contributed by atoms with Crippen molar-refractivity contribution in [2.75, 3.05) is 11.9 Å². The molecule has 0 atom stereocenters. The lowest BCUT2D eigenvalue weighted by Gasteiger charge is -2.05. The van der Waals surface area contributed by atoms with Gasteiger partial charge in [0.05, 0.1) is 10.2 Å². The van der Waals surface area contributed by atoms with Gasteiger partial charge in [0.2, 0.25) is 0 Å². The van der Waals surface area contributed by atoms with Crippen LogP contribution in [0.25, 0.3) is 10.2 Å². The summed E-state index contributed by atoms with van der Waals surface area (Å²) in [7, 11) is 0. The Bertz CT molecular complexity index is 731. The van der Waals surface area contributed by atoms with E-state index in [2.05, 4.69) is 66.6 Å². The summed E-state index contributed by atoms with van der Waals surface area (Å²) in [6.07, 6.45) is 1.03. The molecule has 0 bridgehead atoms. The Morgan fingerprint density at radius 2 is 1.95 bits per heavy atom. The Kier molecular flexibility index (Phi) is 3.70. The molecule has 3 heteroatoms. The molecule has 20 heavy (non-hydrogen) atoms. The number of rotatable bonds is 4. The van der Waals surface area contributed by atoms with E-state index in [0.717, 1.165) is 23.6 Å². The van der Waals surface area contributed by atoms with E-state index in [1.165, 1.54) is 21.4 Å². The second-order valence-corrected chi connectivity index (χ2v) is 6.12. The van der Waals surface area contributed by atoms with E-state index in [9.17, 15) is 0 Å². The third-order valence-electron chi connectivity index (χ3n) is 3.48. The molecule has 3 rings (SSSR count). The van der Waals surface area contributed by atoms with Gasteiger partial charge in [0.1, 0.15) is 0 Å². The van der Waals surface area contributed by atoms with Gasteiger partial charge in [0.25, 0.3) is 0 Å². The van der Waals surface area contributed by atoms with Crippen LogP contribution < -0.4 is 5.32 Å². The van der Waals surface area contributed by atoms with Gasteiger partial charge >= 0.3 is 0 Å². The van der Waals surface area contributed by atoms with E-state index in [0.29, 0.717) is 0 Å². The number of hydrogen-bond acceptors (Lipinski definition) is 3. The van der Waals surface area contributed by atoms with E-state index in [-0.39, 0.29) is 0 Å². The molecule has 1 heterocycles. The molecule has 0 unspecified atom stereocenters. The number of thiazole rings is 1. The molecule has 0 spiro atoms. The second kappa shape index (κ2) is 5.63. The number of hydrogen-bond donors (Lipinski definition) is 1. The monoisotopic (exact) mass is 282 g/mol. The molecule has 0 aliphatic heterocycles. The average molecular weight is 282 g/mol. The fourth-order valence-electron chi connectivity index (χ4n) is 2.30. The smallest absolute Gasteiger partial charge is 0.183 e. The molecule has 0 aliphatic rings. The van der Waals surface area contributed by atoms with Crippen molar-refractivity contribution in [1.29, 1.82) is 0 Å². The fourth-order valence-corrected chi connectivity index (χ4v) is 3.29. The first-order chi connectivity index (χ1) is 9.72. The highest BCUT2D eigenvalue weighted by molar-refractivity contribution is 7.22. The average Bonchev–Trinajstić information content (AvgIpc) is 2.83. The predicted molar refractivity (Wildman–Crippen MR) is 87.7 cm³/mol. The first-order valence-electron chi connectivity index (χ1n) is 6.88. The maximum atomic E-state index is 4.61. The number of benzene rings is 2. The van der Waals surface area contributed by atoms with Gasteiger partial charge in [-0.2, -0.15) is 0 Å². The molecule has 0 saturated heterocycles. The van der Waals surface area contributed by atoms with E-state index >= 15 is 0 Å². The van der Waals surface area contributed by atoms with Crippen LogP contribution in [0.4, 0.5) is 5.13 Å². The molecule has 0 amide bonds. The minimum atomic E-state index is 0.920. The summed E-state index contributed by atoms with van der Waals surface area (Å²) in [5.74, 6) is 0. The van der Waals surface area contributed by atoms with Gasteiger partial charge in [0.15, 0.2) is 5.13 Å². The maximum absolute atomic E-state index is 4.61. The van der Waals surface area contributed by atoms with E-state index in [4.69, 9.17) is 0 Å². The summed E-state index contributed by atoms with van der Waals surface area (Å²) in [6.45, 7) is 5.20. The highest BCUT2D eigenvalue weighted by atomic mass is 32.1. The van der Waals surface area contributed by atoms with Gasteiger partial charge in [-0.1, -0.05) is 41.7 Å². The molecule has 0 radical (unpaired) electrons. The van der Waals surface area contributed by atoms with Gasteiger partial charge in [-0.25, -0.2) is 4.98 Å². The van der Waals surface area contributed by atoms with Crippen LogP contribution in [0.2, 0.25) is 0 Å². The number of aryl methyl sites for hydroxylation is 2. The van der Waals surface area contributed by atoms with Gasteiger partial charge in [0, 0.05) is 6.54 Å². The Balaban J connectivity index is 1.67. The standard InChI is InChI=1S/C17H18N2S/c1-12-7-8-15-16(11-12)20-17(19-15)18-10-9-14-6-4-3-5-13(14)2/h3-8,11H,9-10H2,1-2H3,(H,18,19). The van der Waals surface area contributed by atoms with E-state index < -0.39 is 0 Å². The summed E-state index contributed by atoms with van der Waals surface area (Å²) >= 11 is 1.73. The minimum Gasteiger partial charge on any atom is -0.361 e. The highest BCUT2D eigenvalue weighted by Gasteiger charge is 2.03. The molecule has 2 nitrogen and oxygen atoms in total. The molecular weight excluding hydrogens is 264 g/mol. The topological polar surface area (TPSA) is 24.9 Å². The summed E-state index contributed by atoms with van der Waals surface area (Å²) < 4.78 is 1.25. The number of nitrogens with one attached hydrogen (secondary N) is 1. The molecular formula is C17H18N2S. The Hall–Kier alpha value is -1.87. The molecule has 0 fully saturated rings. The van der Waals surface area contributed by atoms with Crippen LogP contribution in [-0.4, -0.2) is 11.5 Å². The summed E-state index contributed by atoms with van der Waals surface area (Å²) in [5, 5.41) is 4.45. The fraction of sp³-hybridized carbons (Fsp3) is 0.235. The third-order valence-corrected chi connectivity index (χ3v) is 4.45. The lowest BCUT2D eigenvalue weighted by molar-refractivity contribution is 1.00. The quantitative estimate of drug-likeness (QED) is 0.758. The van der Waals surface area contributed by atoms with Crippen LogP contribution in [0.3, 0.4) is 0 Å². The number of aromatic nitrogens is 1. The number of anilines is 1. The van der Waals surface area contributed by atoms with Crippen LogP contribution in [0.1, 0.15) is 16.7 Å². The van der Waals surface area contributed by atoms with Gasteiger partial charge in [-0.3, -0.25) is 0 Å². The SMILES string of the molecule is Cc1ccc2nc(NCCc3ccccc3C)sc2c1. The van der Waals surface area contributed by atoms with Crippen molar-refractivity contribution in [3.63, 3.8) is 0 Å². The summed E-state index contributed by atoms with van der Waals surface area (Å²) in [6, 6.07) is 14.9. The minimum absolute atomic E-state index is 0.920. The normalized spacial score (nSPS) is 10.9. The van der Waals surface area contributed by atoms with Crippen molar-refractivity contribution in [2.45, 2.75) is 20.3 Å². The van der Waals surface area contributed by atoms with Crippen molar-refractivity contribution in [3.05, 3.63) is 59.2 Å². The zero-order valence-corrected chi connectivity index (χ0v) is 12.6. The summed E-state index contributed by atoms with van der Waals surface area (Å²) in [5.41, 5.74) is 5.12. The lowest BCUT2D eigenvalue weighted by atomic mass is 10.1. The molecule has 0 aliphatic carbocycles. The first kappa shape index (κ1) is 13.1. The van der Waals surface area contributed by atoms with Crippen molar-refractivity contribution >= 4 is 26.7 Å². The van der Waals surface area contributed by atoms with Crippen LogP contribution >= 0.6 is 11.3 Å². The van der Waals surface area contributed by atoms with Crippen LogP contribution in [0.5, 0.6) is 0 Å². The zero-order chi connectivity index (χ0) is 13.9. The van der Waals surface area contributed by atoms with Crippen molar-refractivity contribution in [2.24, 2.45) is 0 Å². The lowest BCUT2D eigenvalue weighted by Crippen LogP contribution is -2.05. The number of fused-ring (bicyclic) bond motifs is 1. The van der Waals surface area contributed by atoms with Crippen LogP contribution in [0, 0.1) is 13.8 Å².